The topological polar surface area (TPSA) is 70.0 Å². The maximum absolute atomic E-state index is 13.3. The average Bonchev–Trinajstić information content (AvgIpc) is 2.45. The average molecular weight is 324 g/mol. The molecule has 8 heteroatoms. The van der Waals surface area contributed by atoms with Gasteiger partial charge in [-0.05, 0) is 18.2 Å². The summed E-state index contributed by atoms with van der Waals surface area (Å²) in [5, 5.41) is 10.7. The van der Waals surface area contributed by atoms with E-state index in [2.05, 4.69) is 4.99 Å². The molecule has 114 valence electrons. The van der Waals surface area contributed by atoms with Crippen molar-refractivity contribution in [2.75, 3.05) is 6.67 Å². The fraction of sp³-hybridized carbons (Fsp3) is 0.0714. The summed E-state index contributed by atoms with van der Waals surface area (Å²) in [6.45, 7) is -0.128. The molecule has 0 radical (unpaired) electrons. The predicted octanol–water partition coefficient (Wildman–Crippen LogP) is 0.817. The van der Waals surface area contributed by atoms with Crippen molar-refractivity contribution >= 4 is 16.0 Å². The van der Waals surface area contributed by atoms with Crippen molar-refractivity contribution in [3.63, 3.8) is 0 Å². The molecule has 5 nitrogen and oxygen atoms in total. The van der Waals surface area contributed by atoms with Crippen molar-refractivity contribution in [1.82, 2.24) is 5.06 Å². The van der Waals surface area contributed by atoms with E-state index in [-0.39, 0.29) is 16.9 Å². The quantitative estimate of drug-likeness (QED) is 0.888. The first-order chi connectivity index (χ1) is 10.4. The number of halogens is 2. The van der Waals surface area contributed by atoms with Gasteiger partial charge in [-0.15, -0.1) is 0 Å². The van der Waals surface area contributed by atoms with Crippen LogP contribution in [0.15, 0.2) is 51.2 Å². The van der Waals surface area contributed by atoms with E-state index in [1.54, 1.807) is 6.07 Å². The van der Waals surface area contributed by atoms with Gasteiger partial charge < -0.3 is 0 Å². The molecular formula is C14H10F2N2O3S. The largest absolute Gasteiger partial charge is 0.287 e. The summed E-state index contributed by atoms with van der Waals surface area (Å²) in [4.78, 5) is 3.34. The van der Waals surface area contributed by atoms with Crippen LogP contribution in [-0.2, 0) is 9.84 Å². The van der Waals surface area contributed by atoms with Crippen LogP contribution in [0, 0.1) is 11.6 Å². The lowest BCUT2D eigenvalue weighted by atomic mass is 10.3. The van der Waals surface area contributed by atoms with Gasteiger partial charge in [-0.25, -0.2) is 22.3 Å². The summed E-state index contributed by atoms with van der Waals surface area (Å²) < 4.78 is 51.8. The van der Waals surface area contributed by atoms with Gasteiger partial charge >= 0.3 is 0 Å². The Hall–Kier alpha value is -2.32. The molecule has 0 bridgehead atoms. The van der Waals surface area contributed by atoms with Crippen LogP contribution < -0.4 is 10.6 Å². The molecule has 3 rings (SSSR count). The number of rotatable bonds is 2. The number of benzene rings is 2. The normalized spacial score (nSPS) is 14.0. The first-order valence-electron chi connectivity index (χ1n) is 6.20. The number of para-hydroxylation sites is 1. The molecule has 0 saturated heterocycles. The number of nitrogens with zero attached hydrogens (tertiary/aromatic N) is 2. The first kappa shape index (κ1) is 14.6. The van der Waals surface area contributed by atoms with Gasteiger partial charge in [-0.1, -0.05) is 12.1 Å². The third-order valence-electron chi connectivity index (χ3n) is 3.13. The Morgan fingerprint density at radius 3 is 2.50 bits per heavy atom. The van der Waals surface area contributed by atoms with Crippen LogP contribution in [0.1, 0.15) is 0 Å². The van der Waals surface area contributed by atoms with Gasteiger partial charge in [-0.2, -0.15) is 0 Å². The number of sulfone groups is 1. The van der Waals surface area contributed by atoms with Gasteiger partial charge in [0.1, 0.15) is 18.3 Å². The predicted molar refractivity (Wildman–Crippen MR) is 72.0 cm³/mol. The Morgan fingerprint density at radius 1 is 1.14 bits per heavy atom. The van der Waals surface area contributed by atoms with E-state index in [9.17, 15) is 22.4 Å². The van der Waals surface area contributed by atoms with E-state index < -0.39 is 26.4 Å². The molecule has 0 amide bonds. The minimum atomic E-state index is -4.14. The van der Waals surface area contributed by atoms with E-state index in [0.29, 0.717) is 11.3 Å². The second kappa shape index (κ2) is 5.15. The number of hydrogen-bond donors (Lipinski definition) is 1. The number of hydrogen-bond acceptors (Lipinski definition) is 5. The van der Waals surface area contributed by atoms with Gasteiger partial charge in [0.25, 0.3) is 0 Å². The zero-order chi connectivity index (χ0) is 15.9. The lowest BCUT2D eigenvalue weighted by Gasteiger charge is -2.14. The molecule has 1 heterocycles. The van der Waals surface area contributed by atoms with Gasteiger partial charge in [0.05, 0.1) is 15.1 Å². The molecule has 0 saturated carbocycles. The lowest BCUT2D eigenvalue weighted by molar-refractivity contribution is -0.0200. The number of fused-ring (bicyclic) bond motifs is 1. The molecule has 2 aromatic rings. The standard InChI is InChI=1S/C14H10F2N2O3S/c15-10-4-11(16)6-12(5-10)22(20,21)13-3-1-2-9-7-18(19)8-17-14(9)13/h1-7,19H,8H2. The van der Waals surface area contributed by atoms with E-state index in [4.69, 9.17) is 0 Å². The minimum Gasteiger partial charge on any atom is -0.287 e. The van der Waals surface area contributed by atoms with Crippen LogP contribution in [0.3, 0.4) is 0 Å². The van der Waals surface area contributed by atoms with Crippen LogP contribution in [0.25, 0.3) is 6.20 Å². The molecule has 1 aliphatic rings. The summed E-state index contributed by atoms with van der Waals surface area (Å²) in [6.07, 6.45) is 1.33. The minimum absolute atomic E-state index is 0.128. The molecule has 0 unspecified atom stereocenters. The monoisotopic (exact) mass is 324 g/mol. The Labute approximate surface area is 124 Å². The van der Waals surface area contributed by atoms with Crippen molar-refractivity contribution in [2.24, 2.45) is 4.99 Å². The molecule has 0 aliphatic carbocycles. The van der Waals surface area contributed by atoms with Crippen molar-refractivity contribution in [1.29, 1.82) is 0 Å². The van der Waals surface area contributed by atoms with Crippen LogP contribution in [0.2, 0.25) is 0 Å². The highest BCUT2D eigenvalue weighted by Crippen LogP contribution is 2.20. The van der Waals surface area contributed by atoms with Gasteiger partial charge in [0.15, 0.2) is 0 Å². The Balaban J connectivity index is 2.28. The third-order valence-corrected chi connectivity index (χ3v) is 4.89. The second-order valence-electron chi connectivity index (χ2n) is 4.67. The maximum Gasteiger partial charge on any atom is 0.208 e. The first-order valence-corrected chi connectivity index (χ1v) is 7.68. The molecule has 22 heavy (non-hydrogen) atoms. The highest BCUT2D eigenvalue weighted by molar-refractivity contribution is 7.91. The Kier molecular flexibility index (Phi) is 3.42. The van der Waals surface area contributed by atoms with E-state index in [1.165, 1.54) is 18.3 Å². The molecule has 0 fully saturated rings. The van der Waals surface area contributed by atoms with Crippen LogP contribution in [0.5, 0.6) is 0 Å². The summed E-state index contributed by atoms with van der Waals surface area (Å²) in [5.74, 6) is -1.96. The summed E-state index contributed by atoms with van der Waals surface area (Å²) in [6, 6.07) is 6.45. The van der Waals surface area contributed by atoms with Crippen molar-refractivity contribution in [3.05, 3.63) is 58.6 Å². The van der Waals surface area contributed by atoms with Crippen molar-refractivity contribution in [2.45, 2.75) is 9.79 Å². The molecule has 0 aromatic heterocycles. The van der Waals surface area contributed by atoms with Gasteiger partial charge in [0, 0.05) is 17.5 Å². The molecule has 2 aromatic carbocycles. The summed E-state index contributed by atoms with van der Waals surface area (Å²) in [5.41, 5.74) is 0. The molecule has 1 aliphatic heterocycles. The van der Waals surface area contributed by atoms with E-state index in [1.807, 2.05) is 0 Å². The van der Waals surface area contributed by atoms with Crippen LogP contribution >= 0.6 is 0 Å². The van der Waals surface area contributed by atoms with E-state index >= 15 is 0 Å². The van der Waals surface area contributed by atoms with Crippen molar-refractivity contribution < 1.29 is 22.4 Å². The van der Waals surface area contributed by atoms with Gasteiger partial charge in [0.2, 0.25) is 9.84 Å². The molecule has 0 spiro atoms. The lowest BCUT2D eigenvalue weighted by Crippen LogP contribution is -2.37. The zero-order valence-electron chi connectivity index (χ0n) is 11.1. The maximum atomic E-state index is 13.3. The SMILES string of the molecule is O=S(=O)(c1cc(F)cc(F)c1)c1cccc2c1=NCN(O)C=2. The van der Waals surface area contributed by atoms with Crippen LogP contribution in [-0.4, -0.2) is 25.4 Å². The number of hydroxylamine groups is 2. The highest BCUT2D eigenvalue weighted by Gasteiger charge is 2.22. The molecular weight excluding hydrogens is 314 g/mol. The van der Waals surface area contributed by atoms with Crippen molar-refractivity contribution in [3.8, 4) is 0 Å². The third kappa shape index (κ3) is 2.46. The molecule has 0 atom stereocenters. The smallest absolute Gasteiger partial charge is 0.208 e. The second-order valence-corrected chi connectivity index (χ2v) is 6.59. The van der Waals surface area contributed by atoms with Crippen LogP contribution in [0.4, 0.5) is 8.78 Å². The Morgan fingerprint density at radius 2 is 1.82 bits per heavy atom. The fourth-order valence-electron chi connectivity index (χ4n) is 2.18. The highest BCUT2D eigenvalue weighted by atomic mass is 32.2. The summed E-state index contributed by atoms with van der Waals surface area (Å²) in [7, 11) is -4.14. The zero-order valence-corrected chi connectivity index (χ0v) is 11.9. The van der Waals surface area contributed by atoms with Gasteiger partial charge in [-0.3, -0.25) is 10.2 Å². The summed E-state index contributed by atoms with van der Waals surface area (Å²) >= 11 is 0. The Bertz CT molecular complexity index is 954. The fourth-order valence-corrected chi connectivity index (χ4v) is 3.67. The molecule has 1 N–H and O–H groups in total. The van der Waals surface area contributed by atoms with E-state index in [0.717, 1.165) is 17.2 Å².